The minimum absolute atomic E-state index is 0.151. The first-order valence-electron chi connectivity index (χ1n) is 9.77. The largest absolute Gasteiger partial charge is 0.365 e. The number of benzene rings is 1. The summed E-state index contributed by atoms with van der Waals surface area (Å²) in [6.07, 6.45) is 2.65. The average molecular weight is 432 g/mol. The first kappa shape index (κ1) is 22.3. The van der Waals surface area contributed by atoms with Crippen molar-refractivity contribution in [3.8, 4) is 0 Å². The Balaban J connectivity index is 1.69. The molecule has 2 N–H and O–H groups in total. The van der Waals surface area contributed by atoms with Gasteiger partial charge in [-0.05, 0) is 37.5 Å². The molecule has 8 nitrogen and oxygen atoms in total. The molecule has 1 fully saturated rings. The van der Waals surface area contributed by atoms with Crippen LogP contribution in [-0.4, -0.2) is 46.7 Å². The second-order valence-electron chi connectivity index (χ2n) is 7.21. The van der Waals surface area contributed by atoms with E-state index in [-0.39, 0.29) is 37.7 Å². The number of hydrogen-bond acceptors (Lipinski definition) is 5. The molecule has 0 bridgehead atoms. The van der Waals surface area contributed by atoms with Gasteiger partial charge in [0.1, 0.15) is 11.7 Å². The molecule has 0 aromatic heterocycles. The molecule has 2 heterocycles. The van der Waals surface area contributed by atoms with Gasteiger partial charge >= 0.3 is 5.92 Å². The van der Waals surface area contributed by atoms with Crippen molar-refractivity contribution in [1.82, 2.24) is 15.5 Å². The molecule has 0 aliphatic carbocycles. The maximum Gasteiger partial charge on any atom is 0.365 e. The standard InChI is InChI=1S/C21H22F2N4O4/c1-3-16(24-4-2)21(22,23)20(31)25-10-12-5-6-14-13(9-12)11-27(19(14)30)15-7-8-17(28)26-18(15)29/h3-6,9,15H,7-8,10-11H2,1-2H3,(H,25,31)(H,26,28,29)/b16-3-,24-4-. The minimum atomic E-state index is -3.78. The van der Waals surface area contributed by atoms with Gasteiger partial charge in [0.05, 0.1) is 0 Å². The Hall–Kier alpha value is -3.43. The van der Waals surface area contributed by atoms with Gasteiger partial charge < -0.3 is 10.2 Å². The van der Waals surface area contributed by atoms with Crippen LogP contribution in [0.3, 0.4) is 0 Å². The molecule has 0 spiro atoms. The van der Waals surface area contributed by atoms with Crippen molar-refractivity contribution < 1.29 is 28.0 Å². The fourth-order valence-electron chi connectivity index (χ4n) is 3.62. The van der Waals surface area contributed by atoms with Crippen LogP contribution < -0.4 is 10.6 Å². The van der Waals surface area contributed by atoms with Gasteiger partial charge in [0, 0.05) is 31.3 Å². The van der Waals surface area contributed by atoms with Crippen LogP contribution in [0.5, 0.6) is 0 Å². The van der Waals surface area contributed by atoms with Crippen LogP contribution >= 0.6 is 0 Å². The van der Waals surface area contributed by atoms with E-state index < -0.39 is 29.5 Å². The van der Waals surface area contributed by atoms with Crippen LogP contribution in [0.4, 0.5) is 8.78 Å². The van der Waals surface area contributed by atoms with Crippen molar-refractivity contribution in [2.24, 2.45) is 4.99 Å². The molecule has 164 valence electrons. The summed E-state index contributed by atoms with van der Waals surface area (Å²) in [4.78, 5) is 53.0. The highest BCUT2D eigenvalue weighted by atomic mass is 19.3. The maximum atomic E-state index is 14.3. The predicted molar refractivity (Wildman–Crippen MR) is 107 cm³/mol. The zero-order valence-corrected chi connectivity index (χ0v) is 17.1. The van der Waals surface area contributed by atoms with Crippen molar-refractivity contribution in [2.75, 3.05) is 0 Å². The molecular weight excluding hydrogens is 410 g/mol. The van der Waals surface area contributed by atoms with Crippen molar-refractivity contribution in [3.63, 3.8) is 0 Å². The van der Waals surface area contributed by atoms with Gasteiger partial charge in [0.25, 0.3) is 11.8 Å². The van der Waals surface area contributed by atoms with Crippen molar-refractivity contribution in [1.29, 1.82) is 0 Å². The van der Waals surface area contributed by atoms with Gasteiger partial charge in [-0.1, -0.05) is 18.2 Å². The van der Waals surface area contributed by atoms with Crippen molar-refractivity contribution >= 4 is 29.8 Å². The topological polar surface area (TPSA) is 108 Å². The predicted octanol–water partition coefficient (Wildman–Crippen LogP) is 1.69. The number of aliphatic imine (C=N–C) groups is 1. The summed E-state index contributed by atoms with van der Waals surface area (Å²) in [6.45, 7) is 2.84. The van der Waals surface area contributed by atoms with Gasteiger partial charge in [-0.3, -0.25) is 29.5 Å². The number of piperidine rings is 1. The van der Waals surface area contributed by atoms with E-state index in [2.05, 4.69) is 15.6 Å². The average Bonchev–Trinajstić information content (AvgIpc) is 3.05. The van der Waals surface area contributed by atoms with E-state index >= 15 is 0 Å². The molecule has 10 heteroatoms. The monoisotopic (exact) mass is 432 g/mol. The second kappa shape index (κ2) is 8.75. The van der Waals surface area contributed by atoms with Crippen LogP contribution in [0.25, 0.3) is 0 Å². The third-order valence-corrected chi connectivity index (χ3v) is 5.19. The molecule has 0 saturated carbocycles. The van der Waals surface area contributed by atoms with E-state index in [1.54, 1.807) is 18.2 Å². The third kappa shape index (κ3) is 4.37. The van der Waals surface area contributed by atoms with Gasteiger partial charge in [0.15, 0.2) is 0 Å². The van der Waals surface area contributed by atoms with Gasteiger partial charge in [-0.2, -0.15) is 8.78 Å². The SMILES string of the molecule is C/C=N\C(=C/C)C(F)(F)C(=O)NCc1ccc2c(c1)CN(C1CCC(=O)NC1=O)C2=O. The van der Waals surface area contributed by atoms with E-state index in [4.69, 9.17) is 0 Å². The highest BCUT2D eigenvalue weighted by Crippen LogP contribution is 2.29. The molecule has 0 radical (unpaired) electrons. The molecule has 1 unspecified atom stereocenters. The van der Waals surface area contributed by atoms with Crippen LogP contribution in [0.2, 0.25) is 0 Å². The lowest BCUT2D eigenvalue weighted by atomic mass is 10.0. The summed E-state index contributed by atoms with van der Waals surface area (Å²) in [6, 6.07) is 4.00. The summed E-state index contributed by atoms with van der Waals surface area (Å²) in [7, 11) is 0. The normalized spacial score (nSPS) is 19.6. The van der Waals surface area contributed by atoms with Gasteiger partial charge in [0.2, 0.25) is 11.8 Å². The smallest absolute Gasteiger partial charge is 0.346 e. The number of allylic oxidation sites excluding steroid dienone is 1. The molecule has 4 amide bonds. The van der Waals surface area contributed by atoms with Crippen LogP contribution in [0.1, 0.15) is 48.2 Å². The minimum Gasteiger partial charge on any atom is -0.346 e. The Kier molecular flexibility index (Phi) is 6.28. The zero-order valence-electron chi connectivity index (χ0n) is 17.1. The van der Waals surface area contributed by atoms with Gasteiger partial charge in [-0.25, -0.2) is 0 Å². The summed E-state index contributed by atoms with van der Waals surface area (Å²) in [5.41, 5.74) is 0.908. The number of amides is 4. The number of nitrogens with one attached hydrogen (secondary N) is 2. The van der Waals surface area contributed by atoms with Crippen molar-refractivity contribution in [3.05, 3.63) is 46.7 Å². The van der Waals surface area contributed by atoms with Crippen LogP contribution in [0, 0.1) is 0 Å². The highest BCUT2D eigenvalue weighted by Gasteiger charge is 2.43. The van der Waals surface area contributed by atoms with Crippen LogP contribution in [-0.2, 0) is 27.5 Å². The first-order valence-corrected chi connectivity index (χ1v) is 9.77. The molecule has 1 aromatic rings. The third-order valence-electron chi connectivity index (χ3n) is 5.19. The van der Waals surface area contributed by atoms with E-state index in [1.807, 2.05) is 0 Å². The lowest BCUT2D eigenvalue weighted by Gasteiger charge is -2.29. The lowest BCUT2D eigenvalue weighted by molar-refractivity contribution is -0.141. The number of fused-ring (bicyclic) bond motifs is 1. The number of halogens is 2. The Morgan fingerprint density at radius 1 is 1.32 bits per heavy atom. The molecule has 2 aliphatic heterocycles. The van der Waals surface area contributed by atoms with Crippen molar-refractivity contribution in [2.45, 2.75) is 51.7 Å². The Bertz CT molecular complexity index is 1000. The first-order chi connectivity index (χ1) is 14.7. The van der Waals surface area contributed by atoms with Gasteiger partial charge in [-0.15, -0.1) is 0 Å². The Morgan fingerprint density at radius 2 is 2.06 bits per heavy atom. The number of carbonyl (C=O) groups is 4. The number of hydrogen-bond donors (Lipinski definition) is 2. The van der Waals surface area contributed by atoms with E-state index in [0.29, 0.717) is 16.7 Å². The molecule has 1 saturated heterocycles. The number of alkyl halides is 2. The summed E-state index contributed by atoms with van der Waals surface area (Å²) in [5, 5.41) is 4.43. The maximum absolute atomic E-state index is 14.3. The Labute approximate surface area is 177 Å². The summed E-state index contributed by atoms with van der Waals surface area (Å²) >= 11 is 0. The second-order valence-corrected chi connectivity index (χ2v) is 7.21. The number of carbonyl (C=O) groups excluding carboxylic acids is 4. The molecule has 2 aliphatic rings. The van der Waals surface area contributed by atoms with E-state index in [0.717, 1.165) is 6.08 Å². The fraction of sp³-hybridized carbons (Fsp3) is 0.381. The highest BCUT2D eigenvalue weighted by molar-refractivity contribution is 6.05. The number of imide groups is 1. The molecule has 1 atom stereocenters. The molecule has 1 aromatic carbocycles. The van der Waals surface area contributed by atoms with E-state index in [9.17, 15) is 28.0 Å². The quantitative estimate of drug-likeness (QED) is 0.527. The summed E-state index contributed by atoms with van der Waals surface area (Å²) < 4.78 is 28.5. The zero-order chi connectivity index (χ0) is 22.8. The molecule has 3 rings (SSSR count). The van der Waals surface area contributed by atoms with Crippen LogP contribution in [0.15, 0.2) is 35.0 Å². The summed E-state index contributed by atoms with van der Waals surface area (Å²) in [5.74, 6) is -6.47. The lowest BCUT2D eigenvalue weighted by Crippen LogP contribution is -2.52. The number of nitrogens with zero attached hydrogens (tertiary/aromatic N) is 2. The van der Waals surface area contributed by atoms with E-state index in [1.165, 1.54) is 25.0 Å². The number of rotatable bonds is 6. The molecule has 31 heavy (non-hydrogen) atoms. The fourth-order valence-corrected chi connectivity index (χ4v) is 3.62. The molecular formula is C21H22F2N4O4. The Morgan fingerprint density at radius 3 is 2.71 bits per heavy atom.